The van der Waals surface area contributed by atoms with Crippen LogP contribution in [0, 0.1) is 0 Å². The van der Waals surface area contributed by atoms with Crippen LogP contribution in [0.2, 0.25) is 5.02 Å². The molecule has 0 atom stereocenters. The average Bonchev–Trinajstić information content (AvgIpc) is 2.75. The molecule has 4 nitrogen and oxygen atoms in total. The van der Waals surface area contributed by atoms with Crippen LogP contribution in [0.15, 0.2) is 59.5 Å². The largest absolute Gasteiger partial charge is 0.384 e. The molecule has 0 saturated heterocycles. The molecular formula is C14H11ClN2O2S. The van der Waals surface area contributed by atoms with Gasteiger partial charge in [-0.25, -0.2) is 12.4 Å². The van der Waals surface area contributed by atoms with E-state index in [-0.39, 0.29) is 10.7 Å². The second-order valence-electron chi connectivity index (χ2n) is 4.35. The Bertz CT molecular complexity index is 900. The number of fused-ring (bicyclic) bond motifs is 1. The van der Waals surface area contributed by atoms with Crippen molar-refractivity contribution in [3.8, 4) is 0 Å². The predicted octanol–water partition coefficient (Wildman–Crippen LogP) is 3.11. The Hall–Kier alpha value is -1.98. The molecule has 0 radical (unpaired) electrons. The highest BCUT2D eigenvalue weighted by Gasteiger charge is 2.21. The molecule has 0 aliphatic rings. The fourth-order valence-corrected chi connectivity index (χ4v) is 3.90. The number of nitrogen functional groups attached to an aromatic ring is 1. The van der Waals surface area contributed by atoms with Crippen molar-refractivity contribution < 1.29 is 8.42 Å². The van der Waals surface area contributed by atoms with Gasteiger partial charge in [0.1, 0.15) is 5.82 Å². The van der Waals surface area contributed by atoms with Crippen molar-refractivity contribution in [2.75, 3.05) is 5.73 Å². The maximum Gasteiger partial charge on any atom is 0.269 e. The minimum atomic E-state index is -3.77. The standard InChI is InChI=1S/C14H11ClN2O2S/c15-11-5-3-6-12(9-11)20(18,19)17-13-7-2-1-4-10(13)8-14(17)16/h1-9H,16H2. The monoisotopic (exact) mass is 306 g/mol. The van der Waals surface area contributed by atoms with Crippen LogP contribution in [0.5, 0.6) is 0 Å². The minimum Gasteiger partial charge on any atom is -0.384 e. The summed E-state index contributed by atoms with van der Waals surface area (Å²) >= 11 is 5.87. The summed E-state index contributed by atoms with van der Waals surface area (Å²) in [6, 6.07) is 14.9. The molecule has 3 aromatic rings. The van der Waals surface area contributed by atoms with Gasteiger partial charge >= 0.3 is 0 Å². The Labute approximate surface area is 121 Å². The maximum atomic E-state index is 12.7. The first-order valence-electron chi connectivity index (χ1n) is 5.87. The summed E-state index contributed by atoms with van der Waals surface area (Å²) in [7, 11) is -3.77. The first-order chi connectivity index (χ1) is 9.50. The number of nitrogens with two attached hydrogens (primary N) is 1. The lowest BCUT2D eigenvalue weighted by Crippen LogP contribution is -2.15. The van der Waals surface area contributed by atoms with Crippen LogP contribution in [0.1, 0.15) is 0 Å². The topological polar surface area (TPSA) is 65.1 Å². The van der Waals surface area contributed by atoms with Crippen molar-refractivity contribution in [1.82, 2.24) is 3.97 Å². The summed E-state index contributed by atoms with van der Waals surface area (Å²) in [5.74, 6) is 0.172. The Morgan fingerprint density at radius 1 is 1.00 bits per heavy atom. The van der Waals surface area contributed by atoms with Gasteiger partial charge in [0, 0.05) is 10.4 Å². The van der Waals surface area contributed by atoms with Crippen LogP contribution in [0.25, 0.3) is 10.9 Å². The zero-order valence-electron chi connectivity index (χ0n) is 10.3. The lowest BCUT2D eigenvalue weighted by atomic mass is 10.3. The number of para-hydroxylation sites is 1. The third kappa shape index (κ3) is 1.95. The number of halogens is 1. The van der Waals surface area contributed by atoms with Crippen molar-refractivity contribution in [2.45, 2.75) is 4.90 Å². The van der Waals surface area contributed by atoms with Crippen molar-refractivity contribution in [1.29, 1.82) is 0 Å². The summed E-state index contributed by atoms with van der Waals surface area (Å²) < 4.78 is 26.5. The molecule has 20 heavy (non-hydrogen) atoms. The van der Waals surface area contributed by atoms with Gasteiger partial charge in [0.25, 0.3) is 10.0 Å². The SMILES string of the molecule is Nc1cc2ccccc2n1S(=O)(=O)c1cccc(Cl)c1. The second kappa shape index (κ2) is 4.54. The van der Waals surface area contributed by atoms with E-state index in [4.69, 9.17) is 17.3 Å². The summed E-state index contributed by atoms with van der Waals surface area (Å²) in [6.07, 6.45) is 0. The summed E-state index contributed by atoms with van der Waals surface area (Å²) in [5.41, 5.74) is 6.41. The van der Waals surface area contributed by atoms with Crippen molar-refractivity contribution >= 4 is 38.3 Å². The quantitative estimate of drug-likeness (QED) is 0.791. The van der Waals surface area contributed by atoms with Crippen molar-refractivity contribution in [2.24, 2.45) is 0 Å². The minimum absolute atomic E-state index is 0.109. The molecule has 0 saturated carbocycles. The maximum absolute atomic E-state index is 12.7. The average molecular weight is 307 g/mol. The van der Waals surface area contributed by atoms with E-state index in [9.17, 15) is 8.42 Å². The molecule has 0 unspecified atom stereocenters. The van der Waals surface area contributed by atoms with E-state index in [1.54, 1.807) is 30.3 Å². The molecule has 0 amide bonds. The Balaban J connectivity index is 2.32. The van der Waals surface area contributed by atoms with E-state index in [1.807, 2.05) is 12.1 Å². The van der Waals surface area contributed by atoms with E-state index in [1.165, 1.54) is 12.1 Å². The van der Waals surface area contributed by atoms with Gasteiger partial charge in [-0.15, -0.1) is 0 Å². The van der Waals surface area contributed by atoms with E-state index in [2.05, 4.69) is 0 Å². The Morgan fingerprint density at radius 2 is 1.75 bits per heavy atom. The Kier molecular flexibility index (Phi) is 2.96. The van der Waals surface area contributed by atoms with E-state index in [0.29, 0.717) is 10.5 Å². The number of anilines is 1. The summed E-state index contributed by atoms with van der Waals surface area (Å²) in [6.45, 7) is 0. The third-order valence-corrected chi connectivity index (χ3v) is 5.00. The highest BCUT2D eigenvalue weighted by molar-refractivity contribution is 7.90. The van der Waals surface area contributed by atoms with Crippen LogP contribution in [0.3, 0.4) is 0 Å². The zero-order valence-corrected chi connectivity index (χ0v) is 11.9. The van der Waals surface area contributed by atoms with Crippen LogP contribution < -0.4 is 5.73 Å². The molecule has 0 fully saturated rings. The smallest absolute Gasteiger partial charge is 0.269 e. The fraction of sp³-hybridized carbons (Fsp3) is 0. The van der Waals surface area contributed by atoms with E-state index in [0.717, 1.165) is 9.36 Å². The summed E-state index contributed by atoms with van der Waals surface area (Å²) in [4.78, 5) is 0.109. The Morgan fingerprint density at radius 3 is 2.50 bits per heavy atom. The lowest BCUT2D eigenvalue weighted by molar-refractivity contribution is 0.590. The number of benzene rings is 2. The molecule has 0 spiro atoms. The van der Waals surface area contributed by atoms with Gasteiger partial charge in [0.15, 0.2) is 0 Å². The number of hydrogen-bond donors (Lipinski definition) is 1. The number of aromatic nitrogens is 1. The molecule has 0 aliphatic heterocycles. The highest BCUT2D eigenvalue weighted by atomic mass is 35.5. The van der Waals surface area contributed by atoms with Gasteiger partial charge in [-0.05, 0) is 30.3 Å². The van der Waals surface area contributed by atoms with E-state index >= 15 is 0 Å². The summed E-state index contributed by atoms with van der Waals surface area (Å²) in [5, 5.41) is 1.14. The predicted molar refractivity (Wildman–Crippen MR) is 80.4 cm³/mol. The molecule has 3 rings (SSSR count). The normalized spacial score (nSPS) is 11.8. The van der Waals surface area contributed by atoms with Gasteiger partial charge in [0.2, 0.25) is 0 Å². The number of nitrogens with zero attached hydrogens (tertiary/aromatic N) is 1. The number of rotatable bonds is 2. The van der Waals surface area contributed by atoms with Crippen LogP contribution >= 0.6 is 11.6 Å². The lowest BCUT2D eigenvalue weighted by Gasteiger charge is -2.09. The molecular weight excluding hydrogens is 296 g/mol. The van der Waals surface area contributed by atoms with Gasteiger partial charge in [-0.1, -0.05) is 35.9 Å². The second-order valence-corrected chi connectivity index (χ2v) is 6.58. The van der Waals surface area contributed by atoms with Gasteiger partial charge in [0.05, 0.1) is 10.4 Å². The molecule has 6 heteroatoms. The number of hydrogen-bond acceptors (Lipinski definition) is 3. The van der Waals surface area contributed by atoms with Crippen LogP contribution in [-0.4, -0.2) is 12.4 Å². The zero-order chi connectivity index (χ0) is 14.3. The van der Waals surface area contributed by atoms with Crippen molar-refractivity contribution in [3.63, 3.8) is 0 Å². The van der Waals surface area contributed by atoms with Crippen LogP contribution in [0.4, 0.5) is 5.82 Å². The molecule has 0 bridgehead atoms. The van der Waals surface area contributed by atoms with Crippen LogP contribution in [-0.2, 0) is 10.0 Å². The molecule has 2 aromatic carbocycles. The molecule has 0 aliphatic carbocycles. The highest BCUT2D eigenvalue weighted by Crippen LogP contribution is 2.27. The molecule has 1 aromatic heterocycles. The first-order valence-corrected chi connectivity index (χ1v) is 7.69. The first kappa shape index (κ1) is 13.0. The molecule has 102 valence electrons. The molecule has 2 N–H and O–H groups in total. The van der Waals surface area contributed by atoms with Gasteiger partial charge in [-0.2, -0.15) is 0 Å². The molecule has 1 heterocycles. The van der Waals surface area contributed by atoms with Gasteiger partial charge in [-0.3, -0.25) is 0 Å². The fourth-order valence-electron chi connectivity index (χ4n) is 2.15. The van der Waals surface area contributed by atoms with Crippen molar-refractivity contribution in [3.05, 3.63) is 59.6 Å². The third-order valence-electron chi connectivity index (χ3n) is 3.03. The van der Waals surface area contributed by atoms with Gasteiger partial charge < -0.3 is 5.73 Å². The van der Waals surface area contributed by atoms with E-state index < -0.39 is 10.0 Å².